The predicted molar refractivity (Wildman–Crippen MR) is 85.0 cm³/mol. The summed E-state index contributed by atoms with van der Waals surface area (Å²) < 4.78 is 0. The second-order valence-corrected chi connectivity index (χ2v) is 6.07. The van der Waals surface area contributed by atoms with Crippen molar-refractivity contribution < 1.29 is 5.11 Å². The number of aliphatic hydroxyl groups excluding tert-OH is 1. The summed E-state index contributed by atoms with van der Waals surface area (Å²) in [6, 6.07) is 1.79. The lowest BCUT2D eigenvalue weighted by Gasteiger charge is -2.27. The van der Waals surface area contributed by atoms with E-state index in [0.717, 1.165) is 25.9 Å². The zero-order valence-electron chi connectivity index (χ0n) is 11.9. The Kier molecular flexibility index (Phi) is 5.35. The maximum absolute atomic E-state index is 9.57. The molecular formula is C14H21Cl2N3O. The van der Waals surface area contributed by atoms with Gasteiger partial charge >= 0.3 is 0 Å². The Morgan fingerprint density at radius 2 is 2.20 bits per heavy atom. The summed E-state index contributed by atoms with van der Waals surface area (Å²) >= 11 is 12.5. The van der Waals surface area contributed by atoms with E-state index < -0.39 is 0 Å². The van der Waals surface area contributed by atoms with Crippen LogP contribution in [0.3, 0.4) is 0 Å². The van der Waals surface area contributed by atoms with Gasteiger partial charge in [0, 0.05) is 13.1 Å². The predicted octanol–water partition coefficient (Wildman–Crippen LogP) is 3.42. The van der Waals surface area contributed by atoms with Gasteiger partial charge in [-0.2, -0.15) is 0 Å². The fourth-order valence-corrected chi connectivity index (χ4v) is 3.11. The number of nitrogens with zero attached hydrogens (tertiary/aromatic N) is 2. The smallest absolute Gasteiger partial charge is 0.150 e. The van der Waals surface area contributed by atoms with Crippen LogP contribution in [0.25, 0.3) is 0 Å². The molecule has 2 N–H and O–H groups in total. The molecule has 0 aliphatic carbocycles. The molecule has 0 aromatic carbocycles. The number of rotatable bonds is 5. The molecule has 0 amide bonds. The lowest BCUT2D eigenvalue weighted by Crippen LogP contribution is -2.36. The molecular weight excluding hydrogens is 297 g/mol. The first-order chi connectivity index (χ1) is 9.58. The standard InChI is InChI=1S/C14H21Cl2N3O/c1-3-5-17-13-10(15)7-11(16)14(18-13)19-6-4-9(2)12(19)8-20/h7,9,12,20H,3-6,8H2,1-2H3,(H,17,18). The summed E-state index contributed by atoms with van der Waals surface area (Å²) in [5, 5.41) is 13.8. The largest absolute Gasteiger partial charge is 0.394 e. The van der Waals surface area contributed by atoms with Gasteiger partial charge < -0.3 is 15.3 Å². The van der Waals surface area contributed by atoms with Crippen LogP contribution in [-0.4, -0.2) is 35.8 Å². The number of aromatic nitrogens is 1. The summed E-state index contributed by atoms with van der Waals surface area (Å²) in [7, 11) is 0. The number of nitrogens with one attached hydrogen (secondary N) is 1. The first kappa shape index (κ1) is 15.7. The number of halogens is 2. The van der Waals surface area contributed by atoms with Crippen molar-refractivity contribution in [3.63, 3.8) is 0 Å². The maximum atomic E-state index is 9.57. The van der Waals surface area contributed by atoms with Crippen LogP contribution in [0.2, 0.25) is 10.0 Å². The van der Waals surface area contributed by atoms with Crippen LogP contribution in [-0.2, 0) is 0 Å². The molecule has 1 saturated heterocycles. The Labute approximate surface area is 130 Å². The summed E-state index contributed by atoms with van der Waals surface area (Å²) in [5.74, 6) is 1.79. The van der Waals surface area contributed by atoms with Crippen LogP contribution in [0.4, 0.5) is 11.6 Å². The minimum Gasteiger partial charge on any atom is -0.394 e. The zero-order valence-corrected chi connectivity index (χ0v) is 13.4. The number of hydrogen-bond acceptors (Lipinski definition) is 4. The van der Waals surface area contributed by atoms with E-state index in [-0.39, 0.29) is 12.6 Å². The van der Waals surface area contributed by atoms with Gasteiger partial charge in [0.15, 0.2) is 0 Å². The van der Waals surface area contributed by atoms with E-state index in [1.807, 2.05) is 0 Å². The van der Waals surface area contributed by atoms with Crippen molar-refractivity contribution in [2.24, 2.45) is 5.92 Å². The Bertz CT molecular complexity index is 470. The summed E-state index contributed by atoms with van der Waals surface area (Å²) in [4.78, 5) is 6.65. The second kappa shape index (κ2) is 6.83. The number of hydrogen-bond donors (Lipinski definition) is 2. The first-order valence-corrected chi connectivity index (χ1v) is 7.81. The van der Waals surface area contributed by atoms with Crippen LogP contribution in [0.15, 0.2) is 6.07 Å². The molecule has 2 unspecified atom stereocenters. The van der Waals surface area contributed by atoms with Gasteiger partial charge in [0.05, 0.1) is 22.7 Å². The lowest BCUT2D eigenvalue weighted by molar-refractivity contribution is 0.244. The summed E-state index contributed by atoms with van der Waals surface area (Å²) in [6.45, 7) is 6.00. The van der Waals surface area contributed by atoms with Crippen molar-refractivity contribution in [1.29, 1.82) is 0 Å². The molecule has 0 saturated carbocycles. The average molecular weight is 318 g/mol. The minimum absolute atomic E-state index is 0.0696. The molecule has 0 radical (unpaired) electrons. The first-order valence-electron chi connectivity index (χ1n) is 7.05. The Balaban J connectivity index is 2.31. The molecule has 2 rings (SSSR count). The second-order valence-electron chi connectivity index (χ2n) is 5.26. The highest BCUT2D eigenvalue weighted by atomic mass is 35.5. The summed E-state index contributed by atoms with van der Waals surface area (Å²) in [5.41, 5.74) is 0. The topological polar surface area (TPSA) is 48.4 Å². The number of aliphatic hydroxyl groups is 1. The Morgan fingerprint density at radius 1 is 1.45 bits per heavy atom. The highest BCUT2D eigenvalue weighted by Crippen LogP contribution is 2.36. The van der Waals surface area contributed by atoms with E-state index in [1.165, 1.54) is 0 Å². The number of pyridine rings is 1. The molecule has 1 aromatic rings. The minimum atomic E-state index is 0.0696. The van der Waals surface area contributed by atoms with Gasteiger partial charge in [-0.1, -0.05) is 37.0 Å². The molecule has 4 nitrogen and oxygen atoms in total. The average Bonchev–Trinajstić information content (AvgIpc) is 2.78. The monoisotopic (exact) mass is 317 g/mol. The van der Waals surface area contributed by atoms with E-state index in [9.17, 15) is 5.11 Å². The molecule has 0 spiro atoms. The normalized spacial score (nSPS) is 22.4. The van der Waals surface area contributed by atoms with Gasteiger partial charge in [0.25, 0.3) is 0 Å². The highest BCUT2D eigenvalue weighted by Gasteiger charge is 2.33. The summed E-state index contributed by atoms with van der Waals surface area (Å²) in [6.07, 6.45) is 2.03. The highest BCUT2D eigenvalue weighted by molar-refractivity contribution is 6.37. The van der Waals surface area contributed by atoms with E-state index in [2.05, 4.69) is 29.0 Å². The fourth-order valence-electron chi connectivity index (χ4n) is 2.58. The molecule has 1 fully saturated rings. The SMILES string of the molecule is CCCNc1nc(N2CCC(C)C2CO)c(Cl)cc1Cl. The molecule has 1 aliphatic rings. The van der Waals surface area contributed by atoms with Gasteiger partial charge in [0.2, 0.25) is 0 Å². The molecule has 112 valence electrons. The van der Waals surface area contributed by atoms with Crippen molar-refractivity contribution in [1.82, 2.24) is 4.98 Å². The van der Waals surface area contributed by atoms with E-state index in [0.29, 0.717) is 27.6 Å². The van der Waals surface area contributed by atoms with Crippen LogP contribution in [0, 0.1) is 5.92 Å². The quantitative estimate of drug-likeness (QED) is 0.873. The van der Waals surface area contributed by atoms with Crippen molar-refractivity contribution in [3.05, 3.63) is 16.1 Å². The van der Waals surface area contributed by atoms with E-state index in [1.54, 1.807) is 6.07 Å². The van der Waals surface area contributed by atoms with Gasteiger partial charge in [-0.15, -0.1) is 0 Å². The van der Waals surface area contributed by atoms with Crippen LogP contribution in [0.5, 0.6) is 0 Å². The van der Waals surface area contributed by atoms with Crippen molar-refractivity contribution in [2.75, 3.05) is 29.9 Å². The number of anilines is 2. The van der Waals surface area contributed by atoms with Gasteiger partial charge in [-0.05, 0) is 24.8 Å². The molecule has 6 heteroatoms. The van der Waals surface area contributed by atoms with E-state index >= 15 is 0 Å². The zero-order chi connectivity index (χ0) is 14.7. The molecule has 2 heterocycles. The third-order valence-electron chi connectivity index (χ3n) is 3.80. The molecule has 1 aliphatic heterocycles. The van der Waals surface area contributed by atoms with E-state index in [4.69, 9.17) is 23.2 Å². The van der Waals surface area contributed by atoms with Crippen LogP contribution in [0.1, 0.15) is 26.7 Å². The van der Waals surface area contributed by atoms with Crippen LogP contribution < -0.4 is 10.2 Å². The fraction of sp³-hybridized carbons (Fsp3) is 0.643. The van der Waals surface area contributed by atoms with Crippen molar-refractivity contribution in [2.45, 2.75) is 32.7 Å². The third-order valence-corrected chi connectivity index (χ3v) is 4.36. The molecule has 1 aromatic heterocycles. The maximum Gasteiger partial charge on any atom is 0.150 e. The molecule has 2 atom stereocenters. The third kappa shape index (κ3) is 3.13. The van der Waals surface area contributed by atoms with Gasteiger partial charge in [0.1, 0.15) is 11.6 Å². The van der Waals surface area contributed by atoms with Gasteiger partial charge in [-0.3, -0.25) is 0 Å². The molecule has 0 bridgehead atoms. The van der Waals surface area contributed by atoms with Gasteiger partial charge in [-0.25, -0.2) is 4.98 Å². The van der Waals surface area contributed by atoms with Crippen LogP contribution >= 0.6 is 23.2 Å². The van der Waals surface area contributed by atoms with Crippen molar-refractivity contribution in [3.8, 4) is 0 Å². The van der Waals surface area contributed by atoms with Crippen molar-refractivity contribution >= 4 is 34.8 Å². The Hall–Kier alpha value is -0.710. The lowest BCUT2D eigenvalue weighted by atomic mass is 10.0. The Morgan fingerprint density at radius 3 is 2.85 bits per heavy atom. The molecule has 20 heavy (non-hydrogen) atoms.